The molecule has 1 atom stereocenters. The van der Waals surface area contributed by atoms with Crippen LogP contribution in [0.2, 0.25) is 0 Å². The number of anilines is 1. The lowest BCUT2D eigenvalue weighted by molar-refractivity contribution is -0.274. The van der Waals surface area contributed by atoms with Crippen molar-refractivity contribution in [3.63, 3.8) is 0 Å². The number of benzene rings is 2. The average Bonchev–Trinajstić information content (AvgIpc) is 2.46. The number of alkyl halides is 3. The maximum atomic E-state index is 12.2. The number of hydrogen-bond donors (Lipinski definition) is 1. The van der Waals surface area contributed by atoms with E-state index in [0.717, 1.165) is 16.6 Å². The van der Waals surface area contributed by atoms with Crippen LogP contribution < -0.4 is 14.8 Å². The molecule has 1 amide bonds. The quantitative estimate of drug-likeness (QED) is 0.829. The molecule has 0 radical (unpaired) electrons. The summed E-state index contributed by atoms with van der Waals surface area (Å²) in [7, 11) is 0. The number of carbonyl (C=O) groups is 1. The minimum atomic E-state index is -4.80. The van der Waals surface area contributed by atoms with Crippen LogP contribution in [0.25, 0.3) is 0 Å². The SMILES string of the molecule is O=C1Nc2cc(OC(F)(F)F)ccc2O[C@H]1c1ccc(Br)cc1. The standard InChI is InChI=1S/C15H9BrF3NO3/c16-9-3-1-8(2-4-9)13-14(21)20-11-7-10(23-15(17,18)19)5-6-12(11)22-13/h1-7,13H,(H,20,21)/t13-/m0/s1. The Morgan fingerprint density at radius 3 is 2.48 bits per heavy atom. The second-order valence-electron chi connectivity index (χ2n) is 4.74. The minimum absolute atomic E-state index is 0.130. The fourth-order valence-corrected chi connectivity index (χ4v) is 2.41. The molecule has 0 bridgehead atoms. The summed E-state index contributed by atoms with van der Waals surface area (Å²) < 4.78 is 46.9. The predicted octanol–water partition coefficient (Wildman–Crippen LogP) is 4.42. The fourth-order valence-electron chi connectivity index (χ4n) is 2.14. The summed E-state index contributed by atoms with van der Waals surface area (Å²) in [5, 5.41) is 2.53. The summed E-state index contributed by atoms with van der Waals surface area (Å²) in [5.74, 6) is -0.627. The van der Waals surface area contributed by atoms with Gasteiger partial charge in [-0.15, -0.1) is 13.2 Å². The second kappa shape index (κ2) is 5.77. The Bertz CT molecular complexity index is 747. The zero-order chi connectivity index (χ0) is 16.6. The van der Waals surface area contributed by atoms with E-state index in [-0.39, 0.29) is 11.4 Å². The van der Waals surface area contributed by atoms with Gasteiger partial charge in [0.2, 0.25) is 6.10 Å². The molecule has 0 aromatic heterocycles. The van der Waals surface area contributed by atoms with Gasteiger partial charge in [0.25, 0.3) is 5.91 Å². The van der Waals surface area contributed by atoms with E-state index >= 15 is 0 Å². The van der Waals surface area contributed by atoms with Gasteiger partial charge in [-0.05, 0) is 24.3 Å². The summed E-state index contributed by atoms with van der Waals surface area (Å²) in [6.07, 6.45) is -5.67. The Labute approximate surface area is 137 Å². The van der Waals surface area contributed by atoms with Gasteiger partial charge in [0.1, 0.15) is 11.5 Å². The van der Waals surface area contributed by atoms with E-state index < -0.39 is 24.1 Å². The van der Waals surface area contributed by atoms with Crippen molar-refractivity contribution in [1.29, 1.82) is 0 Å². The van der Waals surface area contributed by atoms with Gasteiger partial charge in [0.05, 0.1) is 5.69 Å². The molecule has 4 nitrogen and oxygen atoms in total. The van der Waals surface area contributed by atoms with Crippen LogP contribution in [0.4, 0.5) is 18.9 Å². The number of amides is 1. The van der Waals surface area contributed by atoms with Gasteiger partial charge in [-0.25, -0.2) is 0 Å². The highest BCUT2D eigenvalue weighted by Crippen LogP contribution is 2.38. The Morgan fingerprint density at radius 2 is 1.83 bits per heavy atom. The van der Waals surface area contributed by atoms with Gasteiger partial charge < -0.3 is 14.8 Å². The Kier molecular flexibility index (Phi) is 3.93. The summed E-state index contributed by atoms with van der Waals surface area (Å²) in [4.78, 5) is 12.1. The number of nitrogens with one attached hydrogen (secondary N) is 1. The third kappa shape index (κ3) is 3.58. The Morgan fingerprint density at radius 1 is 1.13 bits per heavy atom. The smallest absolute Gasteiger partial charge is 0.474 e. The third-order valence-corrected chi connectivity index (χ3v) is 3.63. The lowest BCUT2D eigenvalue weighted by Gasteiger charge is -2.26. The van der Waals surface area contributed by atoms with Crippen molar-refractivity contribution in [3.05, 3.63) is 52.5 Å². The Hall–Kier alpha value is -2.22. The van der Waals surface area contributed by atoms with Crippen LogP contribution in [-0.4, -0.2) is 12.3 Å². The van der Waals surface area contributed by atoms with Crippen LogP contribution in [0, 0.1) is 0 Å². The molecule has 23 heavy (non-hydrogen) atoms. The van der Waals surface area contributed by atoms with Crippen molar-refractivity contribution in [2.24, 2.45) is 0 Å². The van der Waals surface area contributed by atoms with E-state index in [0.29, 0.717) is 5.56 Å². The molecule has 2 aromatic carbocycles. The highest BCUT2D eigenvalue weighted by atomic mass is 79.9. The first-order valence-corrected chi connectivity index (χ1v) is 7.24. The largest absolute Gasteiger partial charge is 0.573 e. The Balaban J connectivity index is 1.86. The zero-order valence-electron chi connectivity index (χ0n) is 11.4. The van der Waals surface area contributed by atoms with Gasteiger partial charge in [-0.2, -0.15) is 0 Å². The van der Waals surface area contributed by atoms with Crippen LogP contribution >= 0.6 is 15.9 Å². The van der Waals surface area contributed by atoms with Crippen molar-refractivity contribution < 1.29 is 27.4 Å². The van der Waals surface area contributed by atoms with E-state index in [9.17, 15) is 18.0 Å². The van der Waals surface area contributed by atoms with Crippen molar-refractivity contribution in [1.82, 2.24) is 0 Å². The first kappa shape index (κ1) is 15.7. The molecule has 1 N–H and O–H groups in total. The summed E-state index contributed by atoms with van der Waals surface area (Å²) in [6, 6.07) is 10.5. The molecule has 0 spiro atoms. The van der Waals surface area contributed by atoms with Gasteiger partial charge in [-0.3, -0.25) is 4.79 Å². The van der Waals surface area contributed by atoms with E-state index in [4.69, 9.17) is 4.74 Å². The molecule has 2 aromatic rings. The number of ether oxygens (including phenoxy) is 2. The van der Waals surface area contributed by atoms with Gasteiger partial charge in [0.15, 0.2) is 0 Å². The number of fused-ring (bicyclic) bond motifs is 1. The lowest BCUT2D eigenvalue weighted by Crippen LogP contribution is -2.30. The van der Waals surface area contributed by atoms with Crippen molar-refractivity contribution >= 4 is 27.5 Å². The second-order valence-corrected chi connectivity index (χ2v) is 5.66. The minimum Gasteiger partial charge on any atom is -0.474 e. The van der Waals surface area contributed by atoms with Crippen molar-refractivity contribution in [2.75, 3.05) is 5.32 Å². The third-order valence-electron chi connectivity index (χ3n) is 3.10. The highest BCUT2D eigenvalue weighted by Gasteiger charge is 2.33. The fraction of sp³-hybridized carbons (Fsp3) is 0.133. The molecule has 1 aliphatic heterocycles. The first-order valence-electron chi connectivity index (χ1n) is 6.44. The van der Waals surface area contributed by atoms with Crippen molar-refractivity contribution in [2.45, 2.75) is 12.5 Å². The molecule has 8 heteroatoms. The van der Waals surface area contributed by atoms with Gasteiger partial charge in [-0.1, -0.05) is 28.1 Å². The van der Waals surface area contributed by atoms with Crippen molar-refractivity contribution in [3.8, 4) is 11.5 Å². The molecule has 0 aliphatic carbocycles. The number of carbonyl (C=O) groups excluding carboxylic acids is 1. The van der Waals surface area contributed by atoms with Crippen LogP contribution in [-0.2, 0) is 4.79 Å². The van der Waals surface area contributed by atoms with E-state index in [2.05, 4.69) is 26.0 Å². The molecule has 1 aliphatic rings. The van der Waals surface area contributed by atoms with Crippen LogP contribution in [0.5, 0.6) is 11.5 Å². The maximum absolute atomic E-state index is 12.2. The summed E-state index contributed by atoms with van der Waals surface area (Å²) in [6.45, 7) is 0. The van der Waals surface area contributed by atoms with Gasteiger partial charge >= 0.3 is 6.36 Å². The molecule has 120 valence electrons. The van der Waals surface area contributed by atoms with E-state index in [1.807, 2.05) is 0 Å². The summed E-state index contributed by atoms with van der Waals surface area (Å²) in [5.41, 5.74) is 0.761. The molecular formula is C15H9BrF3NO3. The average molecular weight is 388 g/mol. The topological polar surface area (TPSA) is 47.6 Å². The first-order chi connectivity index (χ1) is 10.8. The number of rotatable bonds is 2. The lowest BCUT2D eigenvalue weighted by atomic mass is 10.1. The normalized spacial score (nSPS) is 17.0. The zero-order valence-corrected chi connectivity index (χ0v) is 12.9. The number of hydrogen-bond acceptors (Lipinski definition) is 3. The molecular weight excluding hydrogens is 379 g/mol. The molecule has 0 saturated heterocycles. The molecule has 1 heterocycles. The monoisotopic (exact) mass is 387 g/mol. The van der Waals surface area contributed by atoms with Crippen LogP contribution in [0.3, 0.4) is 0 Å². The highest BCUT2D eigenvalue weighted by molar-refractivity contribution is 9.10. The summed E-state index contributed by atoms with van der Waals surface area (Å²) >= 11 is 3.30. The molecule has 0 unspecified atom stereocenters. The predicted molar refractivity (Wildman–Crippen MR) is 79.3 cm³/mol. The molecule has 0 saturated carbocycles. The van der Waals surface area contributed by atoms with Crippen LogP contribution in [0.15, 0.2) is 46.9 Å². The van der Waals surface area contributed by atoms with E-state index in [1.54, 1.807) is 24.3 Å². The maximum Gasteiger partial charge on any atom is 0.573 e. The molecule has 3 rings (SSSR count). The molecule has 0 fully saturated rings. The van der Waals surface area contributed by atoms with Gasteiger partial charge in [0, 0.05) is 16.1 Å². The van der Waals surface area contributed by atoms with Crippen LogP contribution in [0.1, 0.15) is 11.7 Å². The van der Waals surface area contributed by atoms with E-state index in [1.165, 1.54) is 6.07 Å². The number of halogens is 4.